The molecular formula is CH2N4S. The number of aromatic nitrogens is 4. The first-order valence-electron chi connectivity index (χ1n) is 1.32. The minimum Gasteiger partial charge on any atom is -0.129 e. The summed E-state index contributed by atoms with van der Waals surface area (Å²) >= 11 is 3.67. The minimum atomic E-state index is 1.08. The Kier molecular flexibility index (Phi) is 0.754. The number of hydrogen-bond acceptors (Lipinski definition) is 4. The van der Waals surface area contributed by atoms with Gasteiger partial charge in [0.1, 0.15) is 0 Å². The van der Waals surface area contributed by atoms with Crippen LogP contribution in [0.4, 0.5) is 0 Å². The number of rotatable bonds is 0. The first-order chi connectivity index (χ1) is 2.89. The van der Waals surface area contributed by atoms with E-state index in [1.165, 1.54) is 6.33 Å². The summed E-state index contributed by atoms with van der Waals surface area (Å²) in [6, 6.07) is 0. The number of hydrogen-bond donors (Lipinski definition) is 1. The summed E-state index contributed by atoms with van der Waals surface area (Å²) in [4.78, 5) is 0. The van der Waals surface area contributed by atoms with Crippen LogP contribution in [0.15, 0.2) is 6.33 Å². The molecule has 6 heavy (non-hydrogen) atoms. The Hall–Kier alpha value is -0.580. The Balaban J connectivity index is 3.05. The van der Waals surface area contributed by atoms with Crippen LogP contribution in [-0.2, 0) is 0 Å². The maximum atomic E-state index is 3.67. The second-order valence-electron chi connectivity index (χ2n) is 0.704. The summed E-state index contributed by atoms with van der Waals surface area (Å²) in [5, 5.41) is 10.2. The quantitative estimate of drug-likeness (QED) is 0.443. The Bertz CT molecular complexity index is 111. The zero-order chi connectivity index (χ0) is 4.41. The summed E-state index contributed by atoms with van der Waals surface area (Å²) in [6.07, 6.45) is 1.31. The molecule has 0 aromatic carbocycles. The maximum Gasteiger partial charge on any atom is 0.163 e. The van der Waals surface area contributed by atoms with E-state index < -0.39 is 0 Å². The fraction of sp³-hybridized carbons (Fsp3) is 0. The third-order valence-electron chi connectivity index (χ3n) is 0.338. The van der Waals surface area contributed by atoms with Gasteiger partial charge in [0, 0.05) is 0 Å². The first kappa shape index (κ1) is 3.60. The van der Waals surface area contributed by atoms with Gasteiger partial charge in [-0.25, -0.2) is 0 Å². The largest absolute Gasteiger partial charge is 0.163 e. The molecule has 4 nitrogen and oxygen atoms in total. The lowest BCUT2D eigenvalue weighted by atomic mass is 11.4. The van der Waals surface area contributed by atoms with E-state index in [1.54, 1.807) is 0 Å². The molecular weight excluding hydrogens is 100 g/mol. The van der Waals surface area contributed by atoms with E-state index in [0.717, 1.165) is 4.20 Å². The number of thiol groups is 1. The zero-order valence-corrected chi connectivity index (χ0v) is 3.71. The molecule has 1 aromatic heterocycles. The van der Waals surface area contributed by atoms with Crippen LogP contribution < -0.4 is 0 Å². The molecule has 0 amide bonds. The van der Waals surface area contributed by atoms with Crippen LogP contribution in [0, 0.1) is 0 Å². The molecule has 0 saturated heterocycles. The Labute approximate surface area is 39.7 Å². The normalized spacial score (nSPS) is 8.83. The van der Waals surface area contributed by atoms with E-state index in [-0.39, 0.29) is 0 Å². The molecule has 0 aliphatic rings. The van der Waals surface area contributed by atoms with Crippen LogP contribution in [0.1, 0.15) is 0 Å². The summed E-state index contributed by atoms with van der Waals surface area (Å²) in [5.74, 6) is 0. The molecule has 0 bridgehead atoms. The Morgan fingerprint density at radius 1 is 1.67 bits per heavy atom. The van der Waals surface area contributed by atoms with Gasteiger partial charge in [0.2, 0.25) is 0 Å². The van der Waals surface area contributed by atoms with Crippen LogP contribution in [0.5, 0.6) is 0 Å². The van der Waals surface area contributed by atoms with Crippen LogP contribution in [-0.4, -0.2) is 19.6 Å². The van der Waals surface area contributed by atoms with Gasteiger partial charge in [0.05, 0.1) is 0 Å². The van der Waals surface area contributed by atoms with Crippen LogP contribution in [0.25, 0.3) is 0 Å². The Morgan fingerprint density at radius 2 is 2.50 bits per heavy atom. The van der Waals surface area contributed by atoms with Gasteiger partial charge < -0.3 is 0 Å². The van der Waals surface area contributed by atoms with Crippen LogP contribution >= 0.6 is 12.8 Å². The highest BCUT2D eigenvalue weighted by Crippen LogP contribution is 1.68. The minimum absolute atomic E-state index is 1.08. The van der Waals surface area contributed by atoms with Gasteiger partial charge in [-0.15, -0.1) is 14.4 Å². The van der Waals surface area contributed by atoms with Crippen molar-refractivity contribution >= 4 is 12.8 Å². The molecule has 0 radical (unpaired) electrons. The molecule has 0 aliphatic heterocycles. The third kappa shape index (κ3) is 0.486. The van der Waals surface area contributed by atoms with Crippen molar-refractivity contribution in [1.82, 2.24) is 19.6 Å². The van der Waals surface area contributed by atoms with Gasteiger partial charge in [0.25, 0.3) is 0 Å². The van der Waals surface area contributed by atoms with Crippen molar-refractivity contribution in [2.45, 2.75) is 0 Å². The lowest BCUT2D eigenvalue weighted by molar-refractivity contribution is 0.825. The molecule has 0 atom stereocenters. The van der Waals surface area contributed by atoms with Gasteiger partial charge in [-0.2, -0.15) is 0 Å². The molecule has 1 aromatic rings. The van der Waals surface area contributed by atoms with Crippen LogP contribution in [0.3, 0.4) is 0 Å². The average Bonchev–Trinajstić information content (AvgIpc) is 1.86. The molecule has 0 fully saturated rings. The van der Waals surface area contributed by atoms with Crippen molar-refractivity contribution in [2.24, 2.45) is 0 Å². The molecule has 0 saturated carbocycles. The standard InChI is InChI=1S/CH2N4S/c6-5-3-1-2-4-5/h1,6H. The summed E-state index contributed by atoms with van der Waals surface area (Å²) in [7, 11) is 0. The fourth-order valence-corrected chi connectivity index (χ4v) is 0.254. The highest BCUT2D eigenvalue weighted by molar-refractivity contribution is 7.78. The van der Waals surface area contributed by atoms with E-state index in [1.807, 2.05) is 0 Å². The predicted octanol–water partition coefficient (Wildman–Crippen LogP) is -0.634. The fourth-order valence-electron chi connectivity index (χ4n) is 0.162. The van der Waals surface area contributed by atoms with Gasteiger partial charge >= 0.3 is 0 Å². The monoisotopic (exact) mass is 102 g/mol. The molecule has 0 aliphatic carbocycles. The van der Waals surface area contributed by atoms with Crippen LogP contribution in [0.2, 0.25) is 0 Å². The third-order valence-corrected chi connectivity index (χ3v) is 0.521. The van der Waals surface area contributed by atoms with E-state index >= 15 is 0 Å². The van der Waals surface area contributed by atoms with Crippen molar-refractivity contribution in [1.29, 1.82) is 0 Å². The van der Waals surface area contributed by atoms with E-state index in [2.05, 4.69) is 28.2 Å². The summed E-state index contributed by atoms with van der Waals surface area (Å²) in [5.41, 5.74) is 0. The van der Waals surface area contributed by atoms with Crippen molar-refractivity contribution in [3.05, 3.63) is 6.33 Å². The van der Waals surface area contributed by atoms with Gasteiger partial charge in [-0.3, -0.25) is 0 Å². The maximum absolute atomic E-state index is 3.67. The first-order valence-corrected chi connectivity index (χ1v) is 1.72. The van der Waals surface area contributed by atoms with Crippen molar-refractivity contribution in [3.63, 3.8) is 0 Å². The molecule has 5 heteroatoms. The lowest BCUT2D eigenvalue weighted by Crippen LogP contribution is -1.82. The second kappa shape index (κ2) is 1.25. The van der Waals surface area contributed by atoms with E-state index in [9.17, 15) is 0 Å². The van der Waals surface area contributed by atoms with E-state index in [0.29, 0.717) is 0 Å². The number of nitrogens with zero attached hydrogens (tertiary/aromatic N) is 4. The van der Waals surface area contributed by atoms with Gasteiger partial charge in [-0.05, 0) is 18.0 Å². The van der Waals surface area contributed by atoms with Crippen molar-refractivity contribution in [2.75, 3.05) is 0 Å². The molecule has 0 unspecified atom stereocenters. The molecule has 0 N–H and O–H groups in total. The molecule has 1 rings (SSSR count). The average molecular weight is 102 g/mol. The van der Waals surface area contributed by atoms with Crippen molar-refractivity contribution in [3.8, 4) is 0 Å². The van der Waals surface area contributed by atoms with E-state index in [4.69, 9.17) is 0 Å². The Morgan fingerprint density at radius 3 is 2.67 bits per heavy atom. The number of tetrazole rings is 1. The molecule has 0 spiro atoms. The zero-order valence-electron chi connectivity index (χ0n) is 2.81. The molecule has 32 valence electrons. The summed E-state index contributed by atoms with van der Waals surface area (Å²) in [6.45, 7) is 0. The topological polar surface area (TPSA) is 43.6 Å². The van der Waals surface area contributed by atoms with Gasteiger partial charge in [0.15, 0.2) is 6.33 Å². The van der Waals surface area contributed by atoms with Gasteiger partial charge in [-0.1, -0.05) is 0 Å². The highest BCUT2D eigenvalue weighted by Gasteiger charge is 1.73. The predicted molar refractivity (Wildman–Crippen MR) is 22.2 cm³/mol. The highest BCUT2D eigenvalue weighted by atomic mass is 32.1. The lowest BCUT2D eigenvalue weighted by Gasteiger charge is -1.69. The SMILES string of the molecule is Sn1ncnn1. The smallest absolute Gasteiger partial charge is 0.129 e. The van der Waals surface area contributed by atoms with Crippen molar-refractivity contribution < 1.29 is 0 Å². The summed E-state index contributed by atoms with van der Waals surface area (Å²) < 4.78 is 1.08. The second-order valence-corrected chi connectivity index (χ2v) is 1.06. The molecule has 1 heterocycles.